The van der Waals surface area contributed by atoms with Crippen LogP contribution in [0.2, 0.25) is 0 Å². The zero-order valence-corrected chi connectivity index (χ0v) is 11.2. The van der Waals surface area contributed by atoms with Gasteiger partial charge in [0.2, 0.25) is 0 Å². The lowest BCUT2D eigenvalue weighted by Crippen LogP contribution is -1.97. The molecule has 0 radical (unpaired) electrons. The molecule has 0 unspecified atom stereocenters. The molecule has 0 fully saturated rings. The summed E-state index contributed by atoms with van der Waals surface area (Å²) in [5.74, 6) is -1.01. The second kappa shape index (κ2) is 5.27. The molecule has 1 aromatic heterocycles. The predicted molar refractivity (Wildman–Crippen MR) is 67.6 cm³/mol. The van der Waals surface area contributed by atoms with E-state index in [4.69, 9.17) is 4.74 Å². The molecule has 2 aromatic rings. The molecule has 1 aromatic carbocycles. The molecule has 0 aliphatic rings. The summed E-state index contributed by atoms with van der Waals surface area (Å²) < 4.78 is 19.5. The molecule has 98 valence electrons. The maximum atomic E-state index is 13.7. The Morgan fingerprint density at radius 2 is 2.00 bits per heavy atom. The van der Waals surface area contributed by atoms with E-state index < -0.39 is 10.7 Å². The quantitative estimate of drug-likeness (QED) is 0.637. The monoisotopic (exact) mass is 327 g/mol. The number of nitro groups is 1. The number of nitro benzene ring substituents is 1. The summed E-state index contributed by atoms with van der Waals surface area (Å²) >= 11 is 3.15. The van der Waals surface area contributed by atoms with E-state index in [-0.39, 0.29) is 17.4 Å². The largest absolute Gasteiger partial charge is 0.421 e. The van der Waals surface area contributed by atoms with Crippen LogP contribution in [-0.4, -0.2) is 14.9 Å². The van der Waals surface area contributed by atoms with E-state index >= 15 is 0 Å². The van der Waals surface area contributed by atoms with Crippen molar-refractivity contribution in [2.75, 3.05) is 0 Å². The number of aromatic nitrogens is 2. The van der Waals surface area contributed by atoms with Gasteiger partial charge in [0.15, 0.2) is 11.6 Å². The summed E-state index contributed by atoms with van der Waals surface area (Å²) in [5, 5.41) is 10.6. The Hall–Kier alpha value is -2.09. The van der Waals surface area contributed by atoms with Crippen molar-refractivity contribution in [3.8, 4) is 11.8 Å². The fourth-order valence-corrected chi connectivity index (χ4v) is 1.58. The fraction of sp³-hybridized carbons (Fsp3) is 0.0909. The van der Waals surface area contributed by atoms with E-state index in [1.54, 1.807) is 0 Å². The number of hydrogen-bond donors (Lipinski definition) is 0. The topological polar surface area (TPSA) is 78.2 Å². The molecule has 0 N–H and O–H groups in total. The van der Waals surface area contributed by atoms with Gasteiger partial charge in [-0.2, -0.15) is 0 Å². The van der Waals surface area contributed by atoms with Crippen LogP contribution in [0.5, 0.6) is 11.8 Å². The molecule has 0 aliphatic carbocycles. The van der Waals surface area contributed by atoms with Crippen molar-refractivity contribution in [1.29, 1.82) is 0 Å². The van der Waals surface area contributed by atoms with Crippen LogP contribution in [0.4, 0.5) is 10.1 Å². The molecule has 8 heteroatoms. The molecule has 1 heterocycles. The van der Waals surface area contributed by atoms with Crippen LogP contribution in [0.15, 0.2) is 29.0 Å². The van der Waals surface area contributed by atoms with Crippen LogP contribution in [0.25, 0.3) is 0 Å². The van der Waals surface area contributed by atoms with Crippen molar-refractivity contribution >= 4 is 21.6 Å². The summed E-state index contributed by atoms with van der Waals surface area (Å²) in [6.45, 7) is 1.49. The van der Waals surface area contributed by atoms with Gasteiger partial charge in [0, 0.05) is 18.0 Å². The van der Waals surface area contributed by atoms with Gasteiger partial charge in [0.1, 0.15) is 0 Å². The van der Waals surface area contributed by atoms with Gasteiger partial charge >= 0.3 is 6.01 Å². The first-order chi connectivity index (χ1) is 8.97. The Morgan fingerprint density at radius 1 is 1.37 bits per heavy atom. The number of ether oxygens (including phenoxy) is 1. The van der Waals surface area contributed by atoms with Gasteiger partial charge in [-0.15, -0.1) is 0 Å². The highest BCUT2D eigenvalue weighted by molar-refractivity contribution is 9.10. The zero-order chi connectivity index (χ0) is 14.0. The summed E-state index contributed by atoms with van der Waals surface area (Å²) in [5.41, 5.74) is -0.0138. The van der Waals surface area contributed by atoms with Crippen LogP contribution in [-0.2, 0) is 0 Å². The van der Waals surface area contributed by atoms with Gasteiger partial charge in [-0.25, -0.2) is 14.4 Å². The number of halogens is 2. The van der Waals surface area contributed by atoms with Crippen molar-refractivity contribution in [1.82, 2.24) is 9.97 Å². The molecule has 0 bridgehead atoms. The average molecular weight is 328 g/mol. The van der Waals surface area contributed by atoms with Gasteiger partial charge in [0.05, 0.1) is 15.5 Å². The molecule has 6 nitrogen and oxygen atoms in total. The minimum atomic E-state index is -0.844. The zero-order valence-electron chi connectivity index (χ0n) is 9.63. The molecule has 0 saturated carbocycles. The third-order valence-electron chi connectivity index (χ3n) is 2.25. The Bertz CT molecular complexity index is 634. The first-order valence-corrected chi connectivity index (χ1v) is 5.86. The Morgan fingerprint density at radius 3 is 2.58 bits per heavy atom. The van der Waals surface area contributed by atoms with Crippen molar-refractivity contribution < 1.29 is 14.1 Å². The Kier molecular flexibility index (Phi) is 3.70. The molecule has 0 atom stereocenters. The normalized spacial score (nSPS) is 10.3. The number of nitrogens with zero attached hydrogens (tertiary/aromatic N) is 3. The first-order valence-electron chi connectivity index (χ1n) is 5.07. The van der Waals surface area contributed by atoms with E-state index in [1.807, 2.05) is 0 Å². The summed E-state index contributed by atoms with van der Waals surface area (Å²) in [4.78, 5) is 17.6. The van der Waals surface area contributed by atoms with Crippen molar-refractivity contribution in [3.63, 3.8) is 0 Å². The highest BCUT2D eigenvalue weighted by atomic mass is 79.9. The number of rotatable bonds is 3. The third-order valence-corrected chi connectivity index (χ3v) is 2.65. The smallest absolute Gasteiger partial charge is 0.322 e. The van der Waals surface area contributed by atoms with Crippen LogP contribution in [0.3, 0.4) is 0 Å². The minimum absolute atomic E-state index is 0.0460. The number of hydrogen-bond acceptors (Lipinski definition) is 5. The lowest BCUT2D eigenvalue weighted by molar-refractivity contribution is -0.385. The molecule has 19 heavy (non-hydrogen) atoms. The summed E-state index contributed by atoms with van der Waals surface area (Å²) in [6, 6.07) is 2.00. The molecule has 0 spiro atoms. The lowest BCUT2D eigenvalue weighted by atomic mass is 10.2. The molecule has 0 saturated heterocycles. The minimum Gasteiger partial charge on any atom is -0.421 e. The Labute approximate surface area is 115 Å². The molecule has 0 aliphatic heterocycles. The van der Waals surface area contributed by atoms with Crippen LogP contribution in [0, 0.1) is 22.9 Å². The van der Waals surface area contributed by atoms with Crippen LogP contribution < -0.4 is 4.74 Å². The molecule has 0 amide bonds. The number of aryl methyl sites for hydroxylation is 1. The second-order valence-electron chi connectivity index (χ2n) is 3.61. The molecular formula is C11H7BrFN3O3. The maximum absolute atomic E-state index is 13.7. The van der Waals surface area contributed by atoms with E-state index in [0.717, 1.165) is 6.07 Å². The van der Waals surface area contributed by atoms with Gasteiger partial charge in [-0.1, -0.05) is 0 Å². The number of benzene rings is 1. The highest BCUT2D eigenvalue weighted by Gasteiger charge is 2.17. The van der Waals surface area contributed by atoms with Crippen molar-refractivity contribution in [2.24, 2.45) is 0 Å². The van der Waals surface area contributed by atoms with E-state index in [2.05, 4.69) is 25.9 Å². The highest BCUT2D eigenvalue weighted by Crippen LogP contribution is 2.29. The fourth-order valence-electron chi connectivity index (χ4n) is 1.37. The van der Waals surface area contributed by atoms with E-state index in [1.165, 1.54) is 25.4 Å². The average Bonchev–Trinajstić information content (AvgIpc) is 2.35. The Balaban J connectivity index is 2.33. The molecule has 2 rings (SSSR count). The van der Waals surface area contributed by atoms with Gasteiger partial charge in [0.25, 0.3) is 5.69 Å². The van der Waals surface area contributed by atoms with E-state index in [9.17, 15) is 14.5 Å². The lowest BCUT2D eigenvalue weighted by Gasteiger charge is -2.06. The maximum Gasteiger partial charge on any atom is 0.322 e. The summed E-state index contributed by atoms with van der Waals surface area (Å²) in [6.07, 6.45) is 2.89. The first kappa shape index (κ1) is 13.3. The van der Waals surface area contributed by atoms with Crippen molar-refractivity contribution in [2.45, 2.75) is 6.92 Å². The molecular weight excluding hydrogens is 321 g/mol. The van der Waals surface area contributed by atoms with Crippen LogP contribution in [0.1, 0.15) is 5.56 Å². The summed E-state index contributed by atoms with van der Waals surface area (Å²) in [7, 11) is 0. The third kappa shape index (κ3) is 3.02. The van der Waals surface area contributed by atoms with Crippen LogP contribution >= 0.6 is 15.9 Å². The standard InChI is InChI=1S/C11H7BrFN3O3/c1-6-2-10(8(13)3-9(6)16(17)18)19-11-14-4-7(12)5-15-11/h2-5H,1H3. The van der Waals surface area contributed by atoms with Gasteiger partial charge in [-0.05, 0) is 28.9 Å². The predicted octanol–water partition coefficient (Wildman–Crippen LogP) is 3.39. The second-order valence-corrected chi connectivity index (χ2v) is 4.53. The SMILES string of the molecule is Cc1cc(Oc2ncc(Br)cn2)c(F)cc1[N+](=O)[O-]. The van der Waals surface area contributed by atoms with Gasteiger partial charge < -0.3 is 4.74 Å². The van der Waals surface area contributed by atoms with Crippen molar-refractivity contribution in [3.05, 3.63) is 50.5 Å². The van der Waals surface area contributed by atoms with Gasteiger partial charge in [-0.3, -0.25) is 10.1 Å². The van der Waals surface area contributed by atoms with E-state index in [0.29, 0.717) is 10.0 Å².